The third-order valence-corrected chi connectivity index (χ3v) is 5.52. The van der Waals surface area contributed by atoms with Gasteiger partial charge in [-0.1, -0.05) is 19.1 Å². The van der Waals surface area contributed by atoms with Crippen molar-refractivity contribution in [2.45, 2.75) is 30.4 Å². The molecule has 1 amide bonds. The second-order valence-electron chi connectivity index (χ2n) is 4.85. The number of fused-ring (bicyclic) bond motifs is 1. The fourth-order valence-electron chi connectivity index (χ4n) is 2.23. The Morgan fingerprint density at radius 3 is 2.57 bits per heavy atom. The van der Waals surface area contributed by atoms with Gasteiger partial charge in [-0.15, -0.1) is 0 Å². The normalized spacial score (nSPS) is 18.9. The van der Waals surface area contributed by atoms with Crippen molar-refractivity contribution in [2.75, 3.05) is 0 Å². The maximum absolute atomic E-state index is 12.4. The van der Waals surface area contributed by atoms with Gasteiger partial charge in [-0.05, 0) is 36.6 Å². The number of sulfone groups is 1. The highest BCUT2D eigenvalue weighted by Crippen LogP contribution is 2.30. The highest BCUT2D eigenvalue weighted by molar-refractivity contribution is 7.92. The van der Waals surface area contributed by atoms with Crippen LogP contribution in [0.4, 0.5) is 0 Å². The standard InChI is InChI=1S/C14H17N3O3S/c1-3-9-6-10-5-4-8(2)21(19,20)12(10)7-11(9)13(18)17-14(15)16/h4-8H,3H2,1-2H3,(H4,15,16,17,18). The summed E-state index contributed by atoms with van der Waals surface area (Å²) in [5.41, 5.74) is 11.9. The van der Waals surface area contributed by atoms with Gasteiger partial charge in [0.1, 0.15) is 0 Å². The van der Waals surface area contributed by atoms with Crippen LogP contribution in [0.25, 0.3) is 6.08 Å². The molecule has 0 bridgehead atoms. The fourth-order valence-corrected chi connectivity index (χ4v) is 3.66. The molecule has 7 heteroatoms. The lowest BCUT2D eigenvalue weighted by molar-refractivity contribution is 0.100. The van der Waals surface area contributed by atoms with Crippen LogP contribution in [-0.4, -0.2) is 25.5 Å². The number of aryl methyl sites for hydroxylation is 1. The van der Waals surface area contributed by atoms with Gasteiger partial charge < -0.3 is 11.5 Å². The lowest BCUT2D eigenvalue weighted by Crippen LogP contribution is -2.25. The predicted octanol–water partition coefficient (Wildman–Crippen LogP) is 0.852. The molecule has 0 aromatic heterocycles. The molecule has 6 nitrogen and oxygen atoms in total. The van der Waals surface area contributed by atoms with E-state index in [1.54, 1.807) is 25.1 Å². The van der Waals surface area contributed by atoms with Crippen molar-refractivity contribution in [2.24, 2.45) is 16.5 Å². The maximum Gasteiger partial charge on any atom is 0.280 e. The van der Waals surface area contributed by atoms with E-state index in [0.717, 1.165) is 0 Å². The summed E-state index contributed by atoms with van der Waals surface area (Å²) in [6.45, 7) is 3.47. The van der Waals surface area contributed by atoms with Crippen molar-refractivity contribution >= 4 is 27.8 Å². The van der Waals surface area contributed by atoms with Gasteiger partial charge in [-0.3, -0.25) is 4.79 Å². The maximum atomic E-state index is 12.4. The van der Waals surface area contributed by atoms with E-state index in [0.29, 0.717) is 17.5 Å². The number of carbonyl (C=O) groups excluding carboxylic acids is 1. The van der Waals surface area contributed by atoms with Crippen LogP contribution in [0.15, 0.2) is 28.1 Å². The summed E-state index contributed by atoms with van der Waals surface area (Å²) < 4.78 is 24.7. The van der Waals surface area contributed by atoms with Crippen LogP contribution in [0.1, 0.15) is 35.3 Å². The minimum atomic E-state index is -3.48. The number of hydrogen-bond acceptors (Lipinski definition) is 3. The highest BCUT2D eigenvalue weighted by Gasteiger charge is 2.29. The summed E-state index contributed by atoms with van der Waals surface area (Å²) in [7, 11) is -3.48. The van der Waals surface area contributed by atoms with Crippen molar-refractivity contribution in [3.05, 3.63) is 34.9 Å². The second-order valence-corrected chi connectivity index (χ2v) is 7.13. The molecule has 1 atom stereocenters. The zero-order valence-electron chi connectivity index (χ0n) is 11.8. The third kappa shape index (κ3) is 2.69. The first-order chi connectivity index (χ1) is 9.77. The van der Waals surface area contributed by atoms with E-state index in [-0.39, 0.29) is 16.4 Å². The van der Waals surface area contributed by atoms with Crippen molar-refractivity contribution in [3.63, 3.8) is 0 Å². The number of aliphatic imine (C=N–C) groups is 1. The number of benzene rings is 1. The quantitative estimate of drug-likeness (QED) is 0.621. The summed E-state index contributed by atoms with van der Waals surface area (Å²) in [5, 5.41) is -0.622. The van der Waals surface area contributed by atoms with Gasteiger partial charge in [0.15, 0.2) is 15.8 Å². The Kier molecular flexibility index (Phi) is 3.87. The van der Waals surface area contributed by atoms with Gasteiger partial charge in [0.25, 0.3) is 5.91 Å². The molecule has 1 heterocycles. The van der Waals surface area contributed by atoms with E-state index in [9.17, 15) is 13.2 Å². The van der Waals surface area contributed by atoms with Gasteiger partial charge in [-0.25, -0.2) is 8.42 Å². The lowest BCUT2D eigenvalue weighted by Gasteiger charge is -2.19. The molecule has 1 unspecified atom stereocenters. The highest BCUT2D eigenvalue weighted by atomic mass is 32.2. The minimum absolute atomic E-state index is 0.142. The lowest BCUT2D eigenvalue weighted by atomic mass is 10.0. The first-order valence-electron chi connectivity index (χ1n) is 6.50. The topological polar surface area (TPSA) is 116 Å². The van der Waals surface area contributed by atoms with Crippen molar-refractivity contribution in [1.82, 2.24) is 0 Å². The summed E-state index contributed by atoms with van der Waals surface area (Å²) in [5.74, 6) is -0.983. The molecule has 1 aliphatic heterocycles. The third-order valence-electron chi connectivity index (χ3n) is 3.42. The number of amides is 1. The Bertz CT molecular complexity index is 760. The molecule has 112 valence electrons. The van der Waals surface area contributed by atoms with Crippen LogP contribution in [0, 0.1) is 0 Å². The van der Waals surface area contributed by atoms with Crippen LogP contribution in [-0.2, 0) is 16.3 Å². The summed E-state index contributed by atoms with van der Waals surface area (Å²) in [4.78, 5) is 15.7. The van der Waals surface area contributed by atoms with Crippen molar-refractivity contribution in [3.8, 4) is 0 Å². The van der Waals surface area contributed by atoms with E-state index in [1.165, 1.54) is 6.07 Å². The fraction of sp³-hybridized carbons (Fsp3) is 0.286. The molecular formula is C14H17N3O3S. The Morgan fingerprint density at radius 2 is 2.00 bits per heavy atom. The largest absolute Gasteiger partial charge is 0.370 e. The molecule has 0 spiro atoms. The van der Waals surface area contributed by atoms with Gasteiger partial charge in [-0.2, -0.15) is 4.99 Å². The molecular weight excluding hydrogens is 290 g/mol. The molecule has 1 aromatic rings. The van der Waals surface area contributed by atoms with Crippen LogP contribution in [0.2, 0.25) is 0 Å². The number of guanidine groups is 1. The summed E-state index contributed by atoms with van der Waals surface area (Å²) in [6.07, 6.45) is 3.96. The molecule has 0 fully saturated rings. The van der Waals surface area contributed by atoms with Crippen molar-refractivity contribution < 1.29 is 13.2 Å². The Hall–Kier alpha value is -2.15. The van der Waals surface area contributed by atoms with E-state index < -0.39 is 21.0 Å². The van der Waals surface area contributed by atoms with Crippen LogP contribution >= 0.6 is 0 Å². The molecule has 1 aliphatic rings. The molecule has 0 aliphatic carbocycles. The van der Waals surface area contributed by atoms with E-state index in [4.69, 9.17) is 11.5 Å². The van der Waals surface area contributed by atoms with Gasteiger partial charge in [0, 0.05) is 5.56 Å². The number of hydrogen-bond donors (Lipinski definition) is 2. The zero-order chi connectivity index (χ0) is 15.8. The monoisotopic (exact) mass is 307 g/mol. The predicted molar refractivity (Wildman–Crippen MR) is 81.6 cm³/mol. The number of nitrogens with two attached hydrogens (primary N) is 2. The second kappa shape index (κ2) is 5.33. The van der Waals surface area contributed by atoms with E-state index in [2.05, 4.69) is 4.99 Å². The van der Waals surface area contributed by atoms with Gasteiger partial charge in [0.2, 0.25) is 0 Å². The molecule has 0 saturated heterocycles. The van der Waals surface area contributed by atoms with E-state index >= 15 is 0 Å². The SMILES string of the molecule is CCc1cc2c(cc1C(=O)N=C(N)N)S(=O)(=O)C(C)C=C2. The summed E-state index contributed by atoms with van der Waals surface area (Å²) in [6, 6.07) is 3.07. The number of rotatable bonds is 2. The zero-order valence-corrected chi connectivity index (χ0v) is 12.6. The van der Waals surface area contributed by atoms with Crippen LogP contribution in [0.5, 0.6) is 0 Å². The average Bonchev–Trinajstić information content (AvgIpc) is 2.41. The molecule has 2 rings (SSSR count). The van der Waals surface area contributed by atoms with Gasteiger partial charge >= 0.3 is 0 Å². The Labute approximate surface area is 123 Å². The van der Waals surface area contributed by atoms with E-state index in [1.807, 2.05) is 6.92 Å². The first kappa shape index (κ1) is 15.2. The molecule has 21 heavy (non-hydrogen) atoms. The average molecular weight is 307 g/mol. The van der Waals surface area contributed by atoms with Crippen LogP contribution < -0.4 is 11.5 Å². The van der Waals surface area contributed by atoms with Crippen molar-refractivity contribution in [1.29, 1.82) is 0 Å². The smallest absolute Gasteiger partial charge is 0.280 e. The molecule has 4 N–H and O–H groups in total. The molecule has 0 saturated carbocycles. The number of nitrogens with zero attached hydrogens (tertiary/aromatic N) is 1. The Morgan fingerprint density at radius 1 is 1.33 bits per heavy atom. The number of carbonyl (C=O) groups is 1. The minimum Gasteiger partial charge on any atom is -0.370 e. The molecule has 0 radical (unpaired) electrons. The van der Waals surface area contributed by atoms with Crippen LogP contribution in [0.3, 0.4) is 0 Å². The Balaban J connectivity index is 2.70. The molecule has 1 aromatic carbocycles. The first-order valence-corrected chi connectivity index (χ1v) is 8.05. The summed E-state index contributed by atoms with van der Waals surface area (Å²) >= 11 is 0. The van der Waals surface area contributed by atoms with Gasteiger partial charge in [0.05, 0.1) is 10.1 Å².